The molecule has 0 aliphatic rings. The molecule has 0 saturated carbocycles. The fourth-order valence-electron chi connectivity index (χ4n) is 0. The Balaban J connectivity index is -0.00000000500. The molecule has 0 spiro atoms. The Morgan fingerprint density at radius 1 is 1.25 bits per heavy atom. The molecule has 0 amide bonds. The van der Waals surface area contributed by atoms with E-state index in [1.807, 2.05) is 0 Å². The summed E-state index contributed by atoms with van der Waals surface area (Å²) in [5.41, 5.74) is 0. The molecular weight excluding hydrogens is 334 g/mol. The Morgan fingerprint density at radius 2 is 1.25 bits per heavy atom. The minimum absolute atomic E-state index is 0. The molecule has 0 bridgehead atoms. The van der Waals surface area contributed by atoms with Gasteiger partial charge in [-0.1, -0.05) is 0 Å². The second-order valence-corrected chi connectivity index (χ2v) is 0. The van der Waals surface area contributed by atoms with Crippen LogP contribution < -0.4 is 0 Å². The Kier molecular flexibility index (Phi) is 61.7. The monoisotopic (exact) mass is 335 g/mol. The third-order valence-electron chi connectivity index (χ3n) is 0. The van der Waals surface area contributed by atoms with E-state index in [1.165, 1.54) is 0 Å². The van der Waals surface area contributed by atoms with Crippen molar-refractivity contribution >= 4 is 51.4 Å². The number of rotatable bonds is 0. The first-order valence-electron chi connectivity index (χ1n) is 0.204. The van der Waals surface area contributed by atoms with Gasteiger partial charge in [0.05, 0.1) is 0 Å². The second kappa shape index (κ2) is 15.7. The molecule has 0 aliphatic heterocycles. The third kappa shape index (κ3) is 9.38. The van der Waals surface area contributed by atoms with E-state index in [1.54, 1.807) is 0 Å². The molecule has 0 unspecified atom stereocenters. The molecular formula is HCeKLaO. The summed E-state index contributed by atoms with van der Waals surface area (Å²) in [5.74, 6) is 0. The van der Waals surface area contributed by atoms with Crippen molar-refractivity contribution in [2.24, 2.45) is 0 Å². The van der Waals surface area contributed by atoms with Gasteiger partial charge in [0.25, 0.3) is 0 Å². The average molecular weight is 335 g/mol. The van der Waals surface area contributed by atoms with E-state index in [0.29, 0.717) is 0 Å². The molecule has 0 aromatic rings. The molecule has 0 aromatic carbocycles. The Hall–Kier alpha value is 4.01. The van der Waals surface area contributed by atoms with Crippen LogP contribution in [0.3, 0.4) is 0 Å². The molecule has 4 heteroatoms. The molecule has 0 saturated heterocycles. The molecule has 0 atom stereocenters. The van der Waals surface area contributed by atoms with Crippen molar-refractivity contribution in [3.05, 3.63) is 0 Å². The topological polar surface area (TPSA) is 17.1 Å². The van der Waals surface area contributed by atoms with Gasteiger partial charge in [0.2, 0.25) is 0 Å². The van der Waals surface area contributed by atoms with Crippen LogP contribution in [0.1, 0.15) is 0 Å². The van der Waals surface area contributed by atoms with Gasteiger partial charge >= 0.3 is 92.1 Å². The second-order valence-electron chi connectivity index (χ2n) is 0. The molecule has 0 aromatic heterocycles. The van der Waals surface area contributed by atoms with Crippen LogP contribution >= 0.6 is 0 Å². The van der Waals surface area contributed by atoms with Gasteiger partial charge in [-0.2, -0.15) is 0 Å². The van der Waals surface area contributed by atoms with Crippen LogP contribution in [-0.2, 0) is 0.938 Å². The molecule has 15 valence electrons. The maximum absolute atomic E-state index is 8.39. The predicted molar refractivity (Wildman–Crippen MR) is 7.84 cm³/mol. The molecule has 0 N–H and O–H groups in total. The summed E-state index contributed by atoms with van der Waals surface area (Å²) < 4.78 is 8.39. The zero-order valence-electron chi connectivity index (χ0n) is 1.49. The van der Waals surface area contributed by atoms with Gasteiger partial charge in [-0.15, -0.1) is 0 Å². The van der Waals surface area contributed by atoms with Crippen molar-refractivity contribution < 1.29 is 76.3 Å². The SMILES string of the molecule is [KH].[La].[O]=[Ce]. The van der Waals surface area contributed by atoms with Crippen LogP contribution in [0.15, 0.2) is 0 Å². The van der Waals surface area contributed by atoms with Gasteiger partial charge in [-0.3, -0.25) is 0 Å². The van der Waals surface area contributed by atoms with Crippen molar-refractivity contribution in [1.29, 1.82) is 0 Å². The summed E-state index contributed by atoms with van der Waals surface area (Å²) in [7, 11) is 0. The third-order valence-corrected chi connectivity index (χ3v) is 0. The quantitative estimate of drug-likeness (QED) is 0.532. The average Bonchev–Trinajstić information content (AvgIpc) is 1.00. The molecule has 0 fully saturated rings. The minimum atomic E-state index is 0. The van der Waals surface area contributed by atoms with Crippen molar-refractivity contribution in [2.75, 3.05) is 0 Å². The summed E-state index contributed by atoms with van der Waals surface area (Å²) in [6.07, 6.45) is 0. The summed E-state index contributed by atoms with van der Waals surface area (Å²) in [6, 6.07) is 0. The van der Waals surface area contributed by atoms with Crippen molar-refractivity contribution in [3.63, 3.8) is 0 Å². The van der Waals surface area contributed by atoms with Gasteiger partial charge in [0.1, 0.15) is 0 Å². The Morgan fingerprint density at radius 3 is 1.25 bits per heavy atom. The van der Waals surface area contributed by atoms with E-state index in [9.17, 15) is 0 Å². The molecule has 0 aliphatic carbocycles. The summed E-state index contributed by atoms with van der Waals surface area (Å²) in [4.78, 5) is 0. The number of hydrogen-bond donors (Lipinski definition) is 0. The van der Waals surface area contributed by atoms with E-state index in [0.717, 1.165) is 0 Å². The first-order valence-corrected chi connectivity index (χ1v) is 1.49. The summed E-state index contributed by atoms with van der Waals surface area (Å²) in [5, 5.41) is 0. The van der Waals surface area contributed by atoms with Gasteiger partial charge in [0, 0.05) is 35.6 Å². The van der Waals surface area contributed by atoms with Gasteiger partial charge in [-0.25, -0.2) is 0 Å². The zero-order chi connectivity index (χ0) is 2.00. The van der Waals surface area contributed by atoms with E-state index < -0.39 is 0 Å². The van der Waals surface area contributed by atoms with Gasteiger partial charge < -0.3 is 0 Å². The Bertz CT molecular complexity index is 8.00. The van der Waals surface area contributed by atoms with Crippen molar-refractivity contribution in [1.82, 2.24) is 0 Å². The first-order chi connectivity index (χ1) is 1.00. The van der Waals surface area contributed by atoms with Crippen LogP contribution in [0.25, 0.3) is 0 Å². The van der Waals surface area contributed by atoms with Crippen LogP contribution in [0.4, 0.5) is 0 Å². The van der Waals surface area contributed by atoms with Crippen LogP contribution in [-0.4, -0.2) is 51.4 Å². The van der Waals surface area contributed by atoms with E-state index in [-0.39, 0.29) is 127 Å². The zero-order valence-corrected chi connectivity index (χ0v) is 8.25. The van der Waals surface area contributed by atoms with Crippen LogP contribution in [0.2, 0.25) is 0 Å². The van der Waals surface area contributed by atoms with Gasteiger partial charge in [0.15, 0.2) is 0 Å². The van der Waals surface area contributed by atoms with Crippen molar-refractivity contribution in [2.45, 2.75) is 0 Å². The van der Waals surface area contributed by atoms with E-state index in [4.69, 9.17) is 0.938 Å². The molecule has 1 radical (unpaired) electrons. The van der Waals surface area contributed by atoms with Crippen LogP contribution in [0.5, 0.6) is 0 Å². The van der Waals surface area contributed by atoms with Gasteiger partial charge in [-0.05, 0) is 0 Å². The fraction of sp³-hybridized carbons (Fsp3) is 0. The van der Waals surface area contributed by atoms with E-state index >= 15 is 0 Å². The first kappa shape index (κ1) is 15.7. The maximum atomic E-state index is 8.39. The predicted octanol–water partition coefficient (Wildman–Crippen LogP) is -0.767. The van der Waals surface area contributed by atoms with Crippen molar-refractivity contribution in [3.8, 4) is 0 Å². The standard InChI is InChI=1S/Ce.K.La.O.H. The molecule has 0 heterocycles. The fourth-order valence-corrected chi connectivity index (χ4v) is 0. The summed E-state index contributed by atoms with van der Waals surface area (Å²) in [6.45, 7) is 0. The van der Waals surface area contributed by atoms with Crippen LogP contribution in [0, 0.1) is 75.4 Å². The normalized spacial score (nSPS) is 0.750. The molecule has 4 heavy (non-hydrogen) atoms. The van der Waals surface area contributed by atoms with E-state index in [2.05, 4.69) is 0 Å². The Labute approximate surface area is 123 Å². The molecule has 1 nitrogen and oxygen atoms in total. The molecule has 0 rings (SSSR count). The summed E-state index contributed by atoms with van der Waals surface area (Å²) >= 11 is 0.0556. The number of hydrogen-bond acceptors (Lipinski definition) is 1.